The number of rotatable bonds is 6. The van der Waals surface area contributed by atoms with E-state index in [-0.39, 0.29) is 11.8 Å². The third-order valence-corrected chi connectivity index (χ3v) is 5.09. The van der Waals surface area contributed by atoms with Crippen LogP contribution in [-0.2, 0) is 9.53 Å². The van der Waals surface area contributed by atoms with Crippen LogP contribution in [-0.4, -0.2) is 48.6 Å². The topological polar surface area (TPSA) is 55.6 Å². The van der Waals surface area contributed by atoms with Gasteiger partial charge in [0.2, 0.25) is 5.91 Å². The first kappa shape index (κ1) is 16.2. The molecular formula is C16H24N2O2S. The normalized spacial score (nSPS) is 19.4. The summed E-state index contributed by atoms with van der Waals surface area (Å²) in [5.41, 5.74) is 7.51. The van der Waals surface area contributed by atoms with Crippen LogP contribution in [0.25, 0.3) is 0 Å². The lowest BCUT2D eigenvalue weighted by Gasteiger charge is -2.31. The van der Waals surface area contributed by atoms with E-state index >= 15 is 0 Å². The van der Waals surface area contributed by atoms with Gasteiger partial charge >= 0.3 is 0 Å². The van der Waals surface area contributed by atoms with E-state index < -0.39 is 0 Å². The molecule has 4 nitrogen and oxygen atoms in total. The van der Waals surface area contributed by atoms with E-state index in [1.807, 2.05) is 47.9 Å². The number of hydrogen-bond acceptors (Lipinski definition) is 4. The van der Waals surface area contributed by atoms with E-state index in [2.05, 4.69) is 0 Å². The van der Waals surface area contributed by atoms with Crippen LogP contribution in [0.4, 0.5) is 5.69 Å². The fourth-order valence-corrected chi connectivity index (χ4v) is 3.87. The van der Waals surface area contributed by atoms with Gasteiger partial charge in [0.05, 0.1) is 12.5 Å². The highest BCUT2D eigenvalue weighted by Crippen LogP contribution is 2.26. The average Bonchev–Trinajstić information content (AvgIpc) is 3.01. The summed E-state index contributed by atoms with van der Waals surface area (Å²) in [6.07, 6.45) is 1.07. The maximum atomic E-state index is 12.9. The largest absolute Gasteiger partial charge is 0.399 e. The molecule has 0 aliphatic carbocycles. The van der Waals surface area contributed by atoms with E-state index in [0.717, 1.165) is 23.5 Å². The molecular weight excluding hydrogens is 284 g/mol. The van der Waals surface area contributed by atoms with Gasteiger partial charge in [-0.1, -0.05) is 12.1 Å². The van der Waals surface area contributed by atoms with E-state index in [9.17, 15) is 4.79 Å². The van der Waals surface area contributed by atoms with Crippen LogP contribution >= 0.6 is 11.8 Å². The second kappa shape index (κ2) is 7.71. The van der Waals surface area contributed by atoms with Gasteiger partial charge in [0.15, 0.2) is 0 Å². The Balaban J connectivity index is 2.12. The smallest absolute Gasteiger partial charge is 0.230 e. The molecule has 2 atom stereocenters. The SMILES string of the molecule is COCCN(C(=O)C(C)c1cccc(N)c1)C1CCSC1. The molecule has 21 heavy (non-hydrogen) atoms. The maximum absolute atomic E-state index is 12.9. The van der Waals surface area contributed by atoms with Crippen molar-refractivity contribution in [2.45, 2.75) is 25.3 Å². The molecule has 2 N–H and O–H groups in total. The molecule has 1 aliphatic heterocycles. The van der Waals surface area contributed by atoms with Crippen molar-refractivity contribution in [3.05, 3.63) is 29.8 Å². The number of anilines is 1. The summed E-state index contributed by atoms with van der Waals surface area (Å²) in [6, 6.07) is 7.94. The first-order valence-electron chi connectivity index (χ1n) is 7.36. The molecule has 116 valence electrons. The zero-order chi connectivity index (χ0) is 15.2. The van der Waals surface area contributed by atoms with Crippen LogP contribution in [0.5, 0.6) is 0 Å². The van der Waals surface area contributed by atoms with Gasteiger partial charge in [-0.15, -0.1) is 0 Å². The number of carbonyl (C=O) groups excluding carboxylic acids is 1. The molecule has 0 aromatic heterocycles. The predicted octanol–water partition coefficient (Wildman–Crippen LogP) is 2.35. The van der Waals surface area contributed by atoms with Gasteiger partial charge in [-0.3, -0.25) is 4.79 Å². The lowest BCUT2D eigenvalue weighted by Crippen LogP contribution is -2.44. The second-order valence-corrected chi connectivity index (χ2v) is 6.58. The summed E-state index contributed by atoms with van der Waals surface area (Å²) in [7, 11) is 1.67. The minimum Gasteiger partial charge on any atom is -0.399 e. The number of nitrogen functional groups attached to an aromatic ring is 1. The molecule has 1 saturated heterocycles. The Kier molecular flexibility index (Phi) is 5.94. The van der Waals surface area contributed by atoms with Crippen molar-refractivity contribution in [2.24, 2.45) is 0 Å². The van der Waals surface area contributed by atoms with Crippen molar-refractivity contribution in [3.63, 3.8) is 0 Å². The number of carbonyl (C=O) groups is 1. The highest BCUT2D eigenvalue weighted by molar-refractivity contribution is 7.99. The van der Waals surface area contributed by atoms with Crippen LogP contribution in [0.3, 0.4) is 0 Å². The van der Waals surface area contributed by atoms with Gasteiger partial charge in [-0.05, 0) is 36.8 Å². The standard InChI is InChI=1S/C16H24N2O2S/c1-12(13-4-3-5-14(17)10-13)16(19)18(7-8-20-2)15-6-9-21-11-15/h3-5,10,12,15H,6-9,11,17H2,1-2H3. The fourth-order valence-electron chi connectivity index (χ4n) is 2.65. The zero-order valence-corrected chi connectivity index (χ0v) is 13.6. The van der Waals surface area contributed by atoms with Crippen LogP contribution < -0.4 is 5.73 Å². The molecule has 0 radical (unpaired) electrons. The molecule has 0 saturated carbocycles. The van der Waals surface area contributed by atoms with Gasteiger partial charge in [0.25, 0.3) is 0 Å². The number of amides is 1. The Morgan fingerprint density at radius 1 is 1.57 bits per heavy atom. The van der Waals surface area contributed by atoms with Gasteiger partial charge in [-0.25, -0.2) is 0 Å². The van der Waals surface area contributed by atoms with Crippen LogP contribution in [0, 0.1) is 0 Å². The highest BCUT2D eigenvalue weighted by Gasteiger charge is 2.30. The van der Waals surface area contributed by atoms with Crippen molar-refractivity contribution >= 4 is 23.4 Å². The van der Waals surface area contributed by atoms with Crippen LogP contribution in [0.15, 0.2) is 24.3 Å². The van der Waals surface area contributed by atoms with E-state index in [1.165, 1.54) is 0 Å². The number of thioether (sulfide) groups is 1. The van der Waals surface area contributed by atoms with Crippen molar-refractivity contribution in [1.82, 2.24) is 4.90 Å². The third kappa shape index (κ3) is 4.14. The summed E-state index contributed by atoms with van der Waals surface area (Å²) in [5, 5.41) is 0. The van der Waals surface area contributed by atoms with E-state index in [0.29, 0.717) is 24.9 Å². The van der Waals surface area contributed by atoms with Crippen molar-refractivity contribution in [2.75, 3.05) is 37.5 Å². The molecule has 1 aromatic carbocycles. The van der Waals surface area contributed by atoms with E-state index in [1.54, 1.807) is 7.11 Å². The first-order chi connectivity index (χ1) is 10.1. The number of ether oxygens (including phenoxy) is 1. The van der Waals surface area contributed by atoms with Gasteiger partial charge in [0, 0.05) is 31.1 Å². The fraction of sp³-hybridized carbons (Fsp3) is 0.562. The third-order valence-electron chi connectivity index (χ3n) is 3.95. The first-order valence-corrected chi connectivity index (χ1v) is 8.51. The average molecular weight is 308 g/mol. The Labute approximate surface area is 131 Å². The Morgan fingerprint density at radius 2 is 2.38 bits per heavy atom. The number of nitrogens with two attached hydrogens (primary N) is 1. The molecule has 2 rings (SSSR count). The number of benzene rings is 1. The second-order valence-electron chi connectivity index (χ2n) is 5.43. The molecule has 2 unspecified atom stereocenters. The number of hydrogen-bond donors (Lipinski definition) is 1. The van der Waals surface area contributed by atoms with Gasteiger partial charge < -0.3 is 15.4 Å². The Hall–Kier alpha value is -1.20. The lowest BCUT2D eigenvalue weighted by atomic mass is 9.98. The minimum atomic E-state index is -0.170. The Morgan fingerprint density at radius 3 is 3.00 bits per heavy atom. The lowest BCUT2D eigenvalue weighted by molar-refractivity contribution is -0.135. The molecule has 1 fully saturated rings. The van der Waals surface area contributed by atoms with Gasteiger partial charge in [0.1, 0.15) is 0 Å². The molecule has 5 heteroatoms. The van der Waals surface area contributed by atoms with Gasteiger partial charge in [-0.2, -0.15) is 11.8 Å². The number of methoxy groups -OCH3 is 1. The van der Waals surface area contributed by atoms with E-state index in [4.69, 9.17) is 10.5 Å². The predicted molar refractivity (Wildman–Crippen MR) is 88.6 cm³/mol. The van der Waals surface area contributed by atoms with Crippen molar-refractivity contribution in [1.29, 1.82) is 0 Å². The monoisotopic (exact) mass is 308 g/mol. The molecule has 0 spiro atoms. The number of nitrogens with zero attached hydrogens (tertiary/aromatic N) is 1. The summed E-state index contributed by atoms with van der Waals surface area (Å²) < 4.78 is 5.17. The summed E-state index contributed by atoms with van der Waals surface area (Å²) in [6.45, 7) is 3.20. The van der Waals surface area contributed by atoms with Crippen LogP contribution in [0.1, 0.15) is 24.8 Å². The van der Waals surface area contributed by atoms with Crippen molar-refractivity contribution in [3.8, 4) is 0 Å². The maximum Gasteiger partial charge on any atom is 0.230 e. The van der Waals surface area contributed by atoms with Crippen molar-refractivity contribution < 1.29 is 9.53 Å². The molecule has 1 heterocycles. The quantitative estimate of drug-likeness (QED) is 0.820. The minimum absolute atomic E-state index is 0.170. The summed E-state index contributed by atoms with van der Waals surface area (Å²) in [5.74, 6) is 2.16. The summed E-state index contributed by atoms with van der Waals surface area (Å²) >= 11 is 1.92. The molecule has 1 aromatic rings. The van der Waals surface area contributed by atoms with Crippen LogP contribution in [0.2, 0.25) is 0 Å². The summed E-state index contributed by atoms with van der Waals surface area (Å²) in [4.78, 5) is 14.9. The molecule has 0 bridgehead atoms. The highest BCUT2D eigenvalue weighted by atomic mass is 32.2. The Bertz CT molecular complexity index is 475. The zero-order valence-electron chi connectivity index (χ0n) is 12.7. The molecule has 1 amide bonds. The molecule has 1 aliphatic rings.